The number of aliphatic hydroxyl groups excluding tert-OH is 1. The Balaban J connectivity index is 2.76. The van der Waals surface area contributed by atoms with Gasteiger partial charge in [0.25, 0.3) is 0 Å². The van der Waals surface area contributed by atoms with Crippen molar-refractivity contribution in [2.75, 3.05) is 13.2 Å². The predicted molar refractivity (Wildman–Crippen MR) is 67.0 cm³/mol. The average Bonchev–Trinajstić information content (AvgIpc) is 2.76. The van der Waals surface area contributed by atoms with Crippen molar-refractivity contribution in [1.29, 1.82) is 0 Å². The van der Waals surface area contributed by atoms with E-state index in [0.717, 1.165) is 12.8 Å². The average molecular weight is 257 g/mol. The number of amides is 1. The molecular weight excluding hydrogens is 234 g/mol. The Labute approximate surface area is 108 Å². The first-order chi connectivity index (χ1) is 8.32. The van der Waals surface area contributed by atoms with Crippen LogP contribution in [0.25, 0.3) is 0 Å². The number of aliphatic hydroxyl groups is 1. The van der Waals surface area contributed by atoms with E-state index < -0.39 is 11.4 Å². The maximum absolute atomic E-state index is 12.2. The van der Waals surface area contributed by atoms with Crippen molar-refractivity contribution < 1.29 is 19.8 Å². The smallest absolute Gasteiger partial charge is 0.310 e. The van der Waals surface area contributed by atoms with Crippen molar-refractivity contribution in [2.24, 2.45) is 11.3 Å². The van der Waals surface area contributed by atoms with Gasteiger partial charge in [-0.15, -0.1) is 0 Å². The Morgan fingerprint density at radius 3 is 2.50 bits per heavy atom. The molecule has 104 valence electrons. The van der Waals surface area contributed by atoms with Crippen LogP contribution in [0.5, 0.6) is 0 Å². The van der Waals surface area contributed by atoms with Gasteiger partial charge in [-0.3, -0.25) is 9.59 Å². The van der Waals surface area contributed by atoms with Gasteiger partial charge in [-0.25, -0.2) is 0 Å². The molecule has 0 aromatic rings. The summed E-state index contributed by atoms with van der Waals surface area (Å²) < 4.78 is 0. The molecular formula is C13H23NO4. The lowest BCUT2D eigenvalue weighted by Gasteiger charge is -2.32. The van der Waals surface area contributed by atoms with Crippen molar-refractivity contribution in [3.63, 3.8) is 0 Å². The zero-order chi connectivity index (χ0) is 13.9. The Morgan fingerprint density at radius 1 is 1.44 bits per heavy atom. The number of carboxylic acid groups (broad SMARTS) is 1. The summed E-state index contributed by atoms with van der Waals surface area (Å²) in [6, 6.07) is -0.136. The van der Waals surface area contributed by atoms with Gasteiger partial charge in [-0.05, 0) is 25.7 Å². The van der Waals surface area contributed by atoms with E-state index in [1.165, 1.54) is 0 Å². The minimum atomic E-state index is -1.04. The second-order valence-electron chi connectivity index (χ2n) is 5.62. The maximum Gasteiger partial charge on any atom is 0.310 e. The van der Waals surface area contributed by atoms with E-state index in [9.17, 15) is 19.8 Å². The molecule has 0 aromatic heterocycles. The van der Waals surface area contributed by atoms with Gasteiger partial charge >= 0.3 is 5.97 Å². The normalized spacial score (nSPS) is 23.2. The quantitative estimate of drug-likeness (QED) is 0.773. The van der Waals surface area contributed by atoms with Gasteiger partial charge in [0.1, 0.15) is 0 Å². The number of carbonyl (C=O) groups excluding carboxylic acids is 1. The summed E-state index contributed by atoms with van der Waals surface area (Å²) >= 11 is 0. The molecule has 0 aromatic carbocycles. The first-order valence-electron chi connectivity index (χ1n) is 6.46. The highest BCUT2D eigenvalue weighted by Crippen LogP contribution is 2.33. The van der Waals surface area contributed by atoms with Gasteiger partial charge in [0.15, 0.2) is 0 Å². The molecule has 5 nitrogen and oxygen atoms in total. The fourth-order valence-corrected chi connectivity index (χ4v) is 2.30. The van der Waals surface area contributed by atoms with Crippen LogP contribution in [0.2, 0.25) is 0 Å². The van der Waals surface area contributed by atoms with Crippen molar-refractivity contribution in [3.8, 4) is 0 Å². The molecule has 1 fully saturated rings. The van der Waals surface area contributed by atoms with Gasteiger partial charge in [0.05, 0.1) is 18.1 Å². The summed E-state index contributed by atoms with van der Waals surface area (Å²) in [5.74, 6) is -1.22. The van der Waals surface area contributed by atoms with Crippen molar-refractivity contribution in [1.82, 2.24) is 4.90 Å². The lowest BCUT2D eigenvalue weighted by molar-refractivity contribution is -0.155. The number of carbonyl (C=O) groups is 2. The van der Waals surface area contributed by atoms with E-state index in [2.05, 4.69) is 0 Å². The maximum atomic E-state index is 12.2. The highest BCUT2D eigenvalue weighted by molar-refractivity contribution is 5.85. The number of likely N-dealkylation sites (tertiary alicyclic amines) is 1. The van der Waals surface area contributed by atoms with Crippen LogP contribution in [0.4, 0.5) is 0 Å². The van der Waals surface area contributed by atoms with Crippen molar-refractivity contribution in [3.05, 3.63) is 0 Å². The van der Waals surface area contributed by atoms with Crippen LogP contribution in [0.15, 0.2) is 0 Å². The largest absolute Gasteiger partial charge is 0.481 e. The molecule has 1 amide bonds. The monoisotopic (exact) mass is 257 g/mol. The molecule has 1 aliphatic heterocycles. The van der Waals surface area contributed by atoms with Crippen molar-refractivity contribution >= 4 is 11.9 Å². The second kappa shape index (κ2) is 5.69. The van der Waals surface area contributed by atoms with Crippen LogP contribution in [-0.2, 0) is 9.59 Å². The third-order valence-electron chi connectivity index (χ3n) is 4.19. The molecule has 1 aliphatic rings. The number of hydrogen-bond donors (Lipinski definition) is 2. The molecule has 2 unspecified atom stereocenters. The first kappa shape index (κ1) is 15.0. The first-order valence-corrected chi connectivity index (χ1v) is 6.46. The molecule has 0 spiro atoms. The molecule has 0 aliphatic carbocycles. The van der Waals surface area contributed by atoms with E-state index in [4.69, 9.17) is 0 Å². The molecule has 5 heteroatoms. The number of aliphatic carboxylic acids is 1. The zero-order valence-corrected chi connectivity index (χ0v) is 11.3. The molecule has 1 saturated heterocycles. The van der Waals surface area contributed by atoms with Gasteiger partial charge in [-0.1, -0.05) is 13.8 Å². The summed E-state index contributed by atoms with van der Waals surface area (Å²) in [7, 11) is 0. The van der Waals surface area contributed by atoms with Gasteiger partial charge in [-0.2, -0.15) is 0 Å². The lowest BCUT2D eigenvalue weighted by atomic mass is 9.76. The summed E-state index contributed by atoms with van der Waals surface area (Å²) in [5, 5.41) is 18.5. The standard InChI is InChI=1S/C13H23NO4/c1-9(2)13(3,12(17)18)7-11(16)14-6-4-5-10(14)8-15/h9-10,15H,4-8H2,1-3H3,(H,17,18). The third kappa shape index (κ3) is 2.83. The van der Waals surface area contributed by atoms with Gasteiger partial charge in [0.2, 0.25) is 5.91 Å². The Hall–Kier alpha value is -1.10. The molecule has 1 heterocycles. The van der Waals surface area contributed by atoms with Crippen LogP contribution >= 0.6 is 0 Å². The van der Waals surface area contributed by atoms with Crippen LogP contribution in [0, 0.1) is 11.3 Å². The predicted octanol–water partition coefficient (Wildman–Crippen LogP) is 1.11. The van der Waals surface area contributed by atoms with Crippen LogP contribution in [0.3, 0.4) is 0 Å². The number of rotatable bonds is 5. The Morgan fingerprint density at radius 2 is 2.06 bits per heavy atom. The summed E-state index contributed by atoms with van der Waals surface area (Å²) in [6.07, 6.45) is 1.67. The molecule has 18 heavy (non-hydrogen) atoms. The summed E-state index contributed by atoms with van der Waals surface area (Å²) in [6.45, 7) is 5.82. The molecule has 1 rings (SSSR count). The van der Waals surface area contributed by atoms with E-state index in [1.54, 1.807) is 11.8 Å². The molecule has 0 bridgehead atoms. The number of hydrogen-bond acceptors (Lipinski definition) is 3. The Bertz CT molecular complexity index is 329. The van der Waals surface area contributed by atoms with Gasteiger partial charge < -0.3 is 15.1 Å². The number of nitrogens with zero attached hydrogens (tertiary/aromatic N) is 1. The number of carboxylic acids is 1. The Kier molecular flexibility index (Phi) is 4.73. The van der Waals surface area contributed by atoms with E-state index in [-0.39, 0.29) is 30.9 Å². The summed E-state index contributed by atoms with van der Waals surface area (Å²) in [4.78, 5) is 25.2. The molecule has 0 radical (unpaired) electrons. The van der Waals surface area contributed by atoms with E-state index >= 15 is 0 Å². The zero-order valence-electron chi connectivity index (χ0n) is 11.3. The minimum Gasteiger partial charge on any atom is -0.481 e. The molecule has 2 N–H and O–H groups in total. The van der Waals surface area contributed by atoms with Crippen LogP contribution < -0.4 is 0 Å². The fraction of sp³-hybridized carbons (Fsp3) is 0.846. The van der Waals surface area contributed by atoms with E-state index in [1.807, 2.05) is 13.8 Å². The van der Waals surface area contributed by atoms with Crippen molar-refractivity contribution in [2.45, 2.75) is 46.1 Å². The fourth-order valence-electron chi connectivity index (χ4n) is 2.30. The third-order valence-corrected chi connectivity index (χ3v) is 4.19. The molecule has 2 atom stereocenters. The SMILES string of the molecule is CC(C)C(C)(CC(=O)N1CCCC1CO)C(=O)O. The minimum absolute atomic E-state index is 0.00347. The highest BCUT2D eigenvalue weighted by Gasteiger charge is 2.41. The highest BCUT2D eigenvalue weighted by atomic mass is 16.4. The molecule has 0 saturated carbocycles. The lowest BCUT2D eigenvalue weighted by Crippen LogP contribution is -2.43. The van der Waals surface area contributed by atoms with E-state index in [0.29, 0.717) is 6.54 Å². The summed E-state index contributed by atoms with van der Waals surface area (Å²) in [5.41, 5.74) is -1.04. The second-order valence-corrected chi connectivity index (χ2v) is 5.62. The van der Waals surface area contributed by atoms with Gasteiger partial charge in [0, 0.05) is 13.0 Å². The van der Waals surface area contributed by atoms with Crippen LogP contribution in [0.1, 0.15) is 40.0 Å². The van der Waals surface area contributed by atoms with Crippen LogP contribution in [-0.4, -0.2) is 46.2 Å². The topological polar surface area (TPSA) is 77.8 Å².